The van der Waals surface area contributed by atoms with Gasteiger partial charge in [0.25, 0.3) is 5.91 Å². The van der Waals surface area contributed by atoms with E-state index in [0.717, 1.165) is 37.5 Å². The number of carbonyl (C=O) groups excluding carboxylic acids is 1. The van der Waals surface area contributed by atoms with E-state index in [1.165, 1.54) is 35.9 Å². The highest BCUT2D eigenvalue weighted by molar-refractivity contribution is 7.89. The van der Waals surface area contributed by atoms with Gasteiger partial charge in [-0.3, -0.25) is 9.69 Å². The van der Waals surface area contributed by atoms with Crippen LogP contribution in [-0.4, -0.2) is 44.9 Å². The smallest absolute Gasteiger partial charge is 0.251 e. The summed E-state index contributed by atoms with van der Waals surface area (Å²) in [5, 5.41) is 3.79. The zero-order chi connectivity index (χ0) is 21.6. The lowest BCUT2D eigenvalue weighted by molar-refractivity contribution is 0.0909. The summed E-state index contributed by atoms with van der Waals surface area (Å²) in [6.45, 7) is 6.32. The van der Waals surface area contributed by atoms with E-state index in [4.69, 9.17) is 11.6 Å². The Hall–Kier alpha value is -2.19. The first-order valence-corrected chi connectivity index (χ1v) is 11.7. The van der Waals surface area contributed by atoms with E-state index >= 15 is 0 Å². The highest BCUT2D eigenvalue weighted by Gasteiger charge is 2.21. The standard InChI is InChI=1S/C22H26ClN3O3S/c1-2-13-24-30(28,29)21-9-5-18(6-10-21)22(27)25-20-11-14-26(15-12-20)16-17-3-7-19(23)8-4-17/h2-10,20,24H,1,11-16H2,(H,25,27). The van der Waals surface area contributed by atoms with Crippen molar-refractivity contribution in [3.63, 3.8) is 0 Å². The molecule has 1 fully saturated rings. The molecule has 0 spiro atoms. The molecule has 1 aliphatic rings. The van der Waals surface area contributed by atoms with Crippen LogP contribution in [0.15, 0.2) is 66.1 Å². The van der Waals surface area contributed by atoms with Gasteiger partial charge in [-0.2, -0.15) is 0 Å². The Bertz CT molecular complexity index is 968. The number of carbonyl (C=O) groups is 1. The van der Waals surface area contributed by atoms with Crippen LogP contribution in [0.3, 0.4) is 0 Å². The molecule has 2 aromatic carbocycles. The number of benzene rings is 2. The fourth-order valence-electron chi connectivity index (χ4n) is 3.39. The molecular formula is C22H26ClN3O3S. The Morgan fingerprint density at radius 3 is 2.33 bits per heavy atom. The normalized spacial score (nSPS) is 15.6. The number of nitrogens with zero attached hydrogens (tertiary/aromatic N) is 1. The van der Waals surface area contributed by atoms with Gasteiger partial charge < -0.3 is 5.32 Å². The number of piperidine rings is 1. The first-order chi connectivity index (χ1) is 14.4. The van der Waals surface area contributed by atoms with Crippen LogP contribution in [0.5, 0.6) is 0 Å². The Balaban J connectivity index is 1.49. The van der Waals surface area contributed by atoms with Crippen LogP contribution >= 0.6 is 11.6 Å². The number of nitrogens with one attached hydrogen (secondary N) is 2. The molecule has 0 radical (unpaired) electrons. The minimum absolute atomic E-state index is 0.108. The number of hydrogen-bond donors (Lipinski definition) is 2. The van der Waals surface area contributed by atoms with E-state index in [1.807, 2.05) is 24.3 Å². The van der Waals surface area contributed by atoms with Gasteiger partial charge >= 0.3 is 0 Å². The van der Waals surface area contributed by atoms with Crippen molar-refractivity contribution in [1.82, 2.24) is 14.9 Å². The van der Waals surface area contributed by atoms with Crippen molar-refractivity contribution < 1.29 is 13.2 Å². The molecule has 3 rings (SSSR count). The van der Waals surface area contributed by atoms with Gasteiger partial charge in [-0.05, 0) is 54.8 Å². The third kappa shape index (κ3) is 6.15. The largest absolute Gasteiger partial charge is 0.349 e. The molecule has 30 heavy (non-hydrogen) atoms. The molecule has 2 N–H and O–H groups in total. The zero-order valence-electron chi connectivity index (χ0n) is 16.7. The lowest BCUT2D eigenvalue weighted by Gasteiger charge is -2.32. The summed E-state index contributed by atoms with van der Waals surface area (Å²) in [7, 11) is -3.59. The first-order valence-electron chi connectivity index (χ1n) is 9.85. The van der Waals surface area contributed by atoms with Crippen molar-refractivity contribution in [2.24, 2.45) is 0 Å². The maximum absolute atomic E-state index is 12.5. The van der Waals surface area contributed by atoms with Crippen LogP contribution < -0.4 is 10.0 Å². The second kappa shape index (κ2) is 10.2. The molecule has 0 bridgehead atoms. The second-order valence-electron chi connectivity index (χ2n) is 7.32. The quantitative estimate of drug-likeness (QED) is 0.609. The van der Waals surface area contributed by atoms with Crippen molar-refractivity contribution in [3.05, 3.63) is 77.3 Å². The van der Waals surface area contributed by atoms with E-state index in [0.29, 0.717) is 5.56 Å². The third-order valence-electron chi connectivity index (χ3n) is 5.09. The Labute approximate surface area is 183 Å². The van der Waals surface area contributed by atoms with Gasteiger partial charge in [0.2, 0.25) is 10.0 Å². The van der Waals surface area contributed by atoms with Gasteiger partial charge in [-0.1, -0.05) is 29.8 Å². The van der Waals surface area contributed by atoms with Crippen LogP contribution in [0.25, 0.3) is 0 Å². The number of likely N-dealkylation sites (tertiary alicyclic amines) is 1. The summed E-state index contributed by atoms with van der Waals surface area (Å²) in [6, 6.07) is 13.9. The lowest BCUT2D eigenvalue weighted by atomic mass is 10.0. The van der Waals surface area contributed by atoms with Gasteiger partial charge in [-0.25, -0.2) is 13.1 Å². The summed E-state index contributed by atoms with van der Waals surface area (Å²) in [4.78, 5) is 15.0. The van der Waals surface area contributed by atoms with Crippen molar-refractivity contribution in [2.45, 2.75) is 30.3 Å². The van der Waals surface area contributed by atoms with Crippen LogP contribution in [0.4, 0.5) is 0 Å². The molecular weight excluding hydrogens is 422 g/mol. The summed E-state index contributed by atoms with van der Waals surface area (Å²) < 4.78 is 26.6. The fraction of sp³-hybridized carbons (Fsp3) is 0.318. The molecule has 1 saturated heterocycles. The van der Waals surface area contributed by atoms with Gasteiger partial charge in [0.15, 0.2) is 0 Å². The van der Waals surface area contributed by atoms with Crippen molar-refractivity contribution in [2.75, 3.05) is 19.6 Å². The van der Waals surface area contributed by atoms with E-state index in [9.17, 15) is 13.2 Å². The minimum atomic E-state index is -3.59. The van der Waals surface area contributed by atoms with E-state index in [2.05, 4.69) is 21.5 Å². The maximum atomic E-state index is 12.5. The molecule has 0 atom stereocenters. The van der Waals surface area contributed by atoms with Crippen molar-refractivity contribution in [3.8, 4) is 0 Å². The van der Waals surface area contributed by atoms with Gasteiger partial charge in [0, 0.05) is 42.8 Å². The van der Waals surface area contributed by atoms with E-state index < -0.39 is 10.0 Å². The molecule has 0 aliphatic carbocycles. The fourth-order valence-corrected chi connectivity index (χ4v) is 4.51. The monoisotopic (exact) mass is 447 g/mol. The van der Waals surface area contributed by atoms with Crippen LogP contribution in [0.2, 0.25) is 5.02 Å². The van der Waals surface area contributed by atoms with Crippen LogP contribution in [-0.2, 0) is 16.6 Å². The molecule has 2 aromatic rings. The minimum Gasteiger partial charge on any atom is -0.349 e. The molecule has 6 nitrogen and oxygen atoms in total. The number of hydrogen-bond acceptors (Lipinski definition) is 4. The lowest BCUT2D eigenvalue weighted by Crippen LogP contribution is -2.44. The average Bonchev–Trinajstić information content (AvgIpc) is 2.75. The predicted molar refractivity (Wildman–Crippen MR) is 119 cm³/mol. The highest BCUT2D eigenvalue weighted by atomic mass is 35.5. The number of amides is 1. The Morgan fingerprint density at radius 2 is 1.73 bits per heavy atom. The molecule has 0 saturated carbocycles. The van der Waals surface area contributed by atoms with Gasteiger partial charge in [0.05, 0.1) is 4.90 Å². The average molecular weight is 448 g/mol. The molecule has 0 aromatic heterocycles. The number of halogens is 1. The Kier molecular flexibility index (Phi) is 7.66. The second-order valence-corrected chi connectivity index (χ2v) is 9.52. The zero-order valence-corrected chi connectivity index (χ0v) is 18.3. The summed E-state index contributed by atoms with van der Waals surface area (Å²) in [5.74, 6) is -0.186. The topological polar surface area (TPSA) is 78.5 Å². The summed E-state index contributed by atoms with van der Waals surface area (Å²) in [5.41, 5.74) is 1.67. The third-order valence-corrected chi connectivity index (χ3v) is 6.78. The van der Waals surface area contributed by atoms with Gasteiger partial charge in [0.1, 0.15) is 0 Å². The first kappa shape index (κ1) is 22.5. The molecule has 8 heteroatoms. The maximum Gasteiger partial charge on any atom is 0.251 e. The molecule has 1 aliphatic heterocycles. The van der Waals surface area contributed by atoms with Crippen LogP contribution in [0, 0.1) is 0 Å². The van der Waals surface area contributed by atoms with Crippen LogP contribution in [0.1, 0.15) is 28.8 Å². The number of rotatable bonds is 8. The highest BCUT2D eigenvalue weighted by Crippen LogP contribution is 2.17. The summed E-state index contributed by atoms with van der Waals surface area (Å²) in [6.07, 6.45) is 3.22. The molecule has 1 heterocycles. The Morgan fingerprint density at radius 1 is 1.10 bits per heavy atom. The molecule has 0 unspecified atom stereocenters. The van der Waals surface area contributed by atoms with E-state index in [1.54, 1.807) is 0 Å². The summed E-state index contributed by atoms with van der Waals surface area (Å²) >= 11 is 5.93. The SMILES string of the molecule is C=CCNS(=O)(=O)c1ccc(C(=O)NC2CCN(Cc3ccc(Cl)cc3)CC2)cc1. The molecule has 1 amide bonds. The van der Waals surface area contributed by atoms with Crippen molar-refractivity contribution in [1.29, 1.82) is 0 Å². The van der Waals surface area contributed by atoms with Gasteiger partial charge in [-0.15, -0.1) is 6.58 Å². The molecule has 160 valence electrons. The number of sulfonamides is 1. The van der Waals surface area contributed by atoms with Crippen molar-refractivity contribution >= 4 is 27.5 Å². The predicted octanol–water partition coefficient (Wildman–Crippen LogP) is 3.20. The van der Waals surface area contributed by atoms with E-state index in [-0.39, 0.29) is 23.4 Å².